The number of halogens is 14. The van der Waals surface area contributed by atoms with Crippen molar-refractivity contribution in [2.75, 3.05) is 0 Å². The first-order chi connectivity index (χ1) is 8.25. The van der Waals surface area contributed by atoms with Gasteiger partial charge in [0.25, 0.3) is 0 Å². The van der Waals surface area contributed by atoms with E-state index in [1.807, 2.05) is 0 Å². The smallest absolute Gasteiger partial charge is 0.212 e. The molecule has 0 unspecified atom stereocenters. The van der Waals surface area contributed by atoms with Crippen molar-refractivity contribution in [2.45, 2.75) is 32.1 Å². The molecule has 0 aromatic heterocycles. The first-order valence-electron chi connectivity index (χ1n) is 3.90. The second kappa shape index (κ2) is 5.18. The Morgan fingerprint density at radius 1 is 0.450 bits per heavy atom. The number of rotatable bonds is 5. The normalized spacial score (nSPS) is 21.3. The molecular formula is C6Cl5F9. The molecule has 0 aliphatic carbocycles. The van der Waals surface area contributed by atoms with Gasteiger partial charge in [0.2, 0.25) is 0 Å². The Morgan fingerprint density at radius 2 is 0.750 bits per heavy atom. The van der Waals surface area contributed by atoms with E-state index >= 15 is 0 Å². The molecule has 0 aliphatic rings. The van der Waals surface area contributed by atoms with Crippen LogP contribution in [0.4, 0.5) is 39.5 Å². The predicted molar refractivity (Wildman–Crippen MR) is 55.6 cm³/mol. The Hall–Kier alpha value is 0.820. The summed E-state index contributed by atoms with van der Waals surface area (Å²) in [6.07, 6.45) is 0. The molecule has 0 saturated carbocycles. The van der Waals surface area contributed by atoms with Gasteiger partial charge in [0.1, 0.15) is 0 Å². The van der Waals surface area contributed by atoms with E-state index in [-0.39, 0.29) is 0 Å². The van der Waals surface area contributed by atoms with Crippen LogP contribution >= 0.6 is 58.0 Å². The van der Waals surface area contributed by atoms with Crippen LogP contribution in [0.3, 0.4) is 0 Å². The van der Waals surface area contributed by atoms with Crippen LogP contribution in [0.2, 0.25) is 0 Å². The zero-order chi connectivity index (χ0) is 17.0. The first-order valence-corrected chi connectivity index (χ1v) is 5.79. The number of alkyl halides is 14. The van der Waals surface area contributed by atoms with E-state index in [1.165, 1.54) is 0 Å². The lowest BCUT2D eigenvalue weighted by Crippen LogP contribution is -2.68. The van der Waals surface area contributed by atoms with E-state index in [2.05, 4.69) is 58.0 Å². The zero-order valence-electron chi connectivity index (χ0n) is 8.29. The van der Waals surface area contributed by atoms with Crippen molar-refractivity contribution in [1.82, 2.24) is 0 Å². The molecule has 0 fully saturated rings. The second-order valence-electron chi connectivity index (χ2n) is 3.29. The molecule has 122 valence electrons. The molecule has 0 radical (unpaired) electrons. The topological polar surface area (TPSA) is 0 Å². The van der Waals surface area contributed by atoms with Gasteiger partial charge in [0.05, 0.1) is 0 Å². The van der Waals surface area contributed by atoms with Gasteiger partial charge in [-0.2, -0.15) is 26.3 Å². The molecule has 0 rings (SSSR count). The van der Waals surface area contributed by atoms with Gasteiger partial charge in [-0.1, -0.05) is 46.4 Å². The van der Waals surface area contributed by atoms with Crippen LogP contribution in [0.15, 0.2) is 0 Å². The minimum absolute atomic E-state index is 3.83. The van der Waals surface area contributed by atoms with E-state index in [4.69, 9.17) is 0 Å². The summed E-state index contributed by atoms with van der Waals surface area (Å²) in [7, 11) is 0. The van der Waals surface area contributed by atoms with Crippen molar-refractivity contribution < 1.29 is 39.5 Å². The summed E-state index contributed by atoms with van der Waals surface area (Å²) < 4.78 is 111. The van der Waals surface area contributed by atoms with Crippen LogP contribution in [0, 0.1) is 0 Å². The van der Waals surface area contributed by atoms with Crippen molar-refractivity contribution in [3.63, 3.8) is 0 Å². The molecule has 0 aromatic carbocycles. The third kappa shape index (κ3) is 2.85. The molecule has 0 nitrogen and oxygen atoms in total. The predicted octanol–water partition coefficient (Wildman–Crippen LogP) is 6.00. The van der Waals surface area contributed by atoms with Gasteiger partial charge in [-0.05, 0) is 11.6 Å². The van der Waals surface area contributed by atoms with E-state index in [1.54, 1.807) is 0 Å². The molecule has 0 aromatic rings. The highest BCUT2D eigenvalue weighted by Gasteiger charge is 2.86. The van der Waals surface area contributed by atoms with Crippen LogP contribution in [0.25, 0.3) is 0 Å². The van der Waals surface area contributed by atoms with E-state index in [0.29, 0.717) is 0 Å². The van der Waals surface area contributed by atoms with Crippen molar-refractivity contribution in [3.05, 3.63) is 0 Å². The van der Waals surface area contributed by atoms with E-state index in [9.17, 15) is 39.5 Å². The molecule has 0 amide bonds. The van der Waals surface area contributed by atoms with Gasteiger partial charge in [0.15, 0.2) is 0 Å². The quantitative estimate of drug-likeness (QED) is 0.378. The van der Waals surface area contributed by atoms with E-state index in [0.717, 1.165) is 0 Å². The fourth-order valence-electron chi connectivity index (χ4n) is 0.750. The summed E-state index contributed by atoms with van der Waals surface area (Å²) in [6.45, 7) is 0. The van der Waals surface area contributed by atoms with Gasteiger partial charge in [-0.15, -0.1) is 0 Å². The van der Waals surface area contributed by atoms with Crippen molar-refractivity contribution in [3.8, 4) is 0 Å². The summed E-state index contributed by atoms with van der Waals surface area (Å²) in [6, 6.07) is 0. The van der Waals surface area contributed by atoms with Crippen molar-refractivity contribution in [2.24, 2.45) is 0 Å². The maximum atomic E-state index is 13.3. The summed E-state index contributed by atoms with van der Waals surface area (Å²) in [5, 5.41) is -17.9. The van der Waals surface area contributed by atoms with Gasteiger partial charge in [-0.25, -0.2) is 13.2 Å². The van der Waals surface area contributed by atoms with Crippen LogP contribution in [0.5, 0.6) is 0 Å². The van der Waals surface area contributed by atoms with Crippen molar-refractivity contribution >= 4 is 58.0 Å². The molecular weight excluding hydrogens is 420 g/mol. The maximum Gasteiger partial charge on any atom is 0.375 e. The lowest BCUT2D eigenvalue weighted by molar-refractivity contribution is -0.275. The lowest BCUT2D eigenvalue weighted by atomic mass is 10.0. The molecule has 0 bridgehead atoms. The summed E-state index contributed by atoms with van der Waals surface area (Å²) >= 11 is 20.0. The molecule has 0 N–H and O–H groups in total. The Kier molecular flexibility index (Phi) is 5.39. The Morgan fingerprint density at radius 3 is 0.950 bits per heavy atom. The molecule has 0 saturated heterocycles. The SMILES string of the molecule is FC(Cl)(Cl)C(F)(F)[C@](F)(Cl)C(F)(F)[C@](F)(Cl)C(F)(F)Cl. The Bertz CT molecular complexity index is 332. The lowest BCUT2D eigenvalue weighted by Gasteiger charge is -2.41. The second-order valence-corrected chi connectivity index (χ2v) is 6.04. The maximum absolute atomic E-state index is 13.3. The highest BCUT2D eigenvalue weighted by molar-refractivity contribution is 6.48. The van der Waals surface area contributed by atoms with Crippen LogP contribution < -0.4 is 0 Å². The van der Waals surface area contributed by atoms with Crippen LogP contribution in [-0.2, 0) is 0 Å². The minimum atomic E-state index is -6.63. The minimum Gasteiger partial charge on any atom is -0.212 e. The van der Waals surface area contributed by atoms with Gasteiger partial charge in [-0.3, -0.25) is 0 Å². The highest BCUT2D eigenvalue weighted by atomic mass is 35.5. The average molecular weight is 420 g/mol. The molecule has 14 heteroatoms. The highest BCUT2D eigenvalue weighted by Crippen LogP contribution is 2.63. The van der Waals surface area contributed by atoms with Crippen molar-refractivity contribution in [1.29, 1.82) is 0 Å². The number of hydrogen-bond donors (Lipinski definition) is 0. The fourth-order valence-corrected chi connectivity index (χ4v) is 1.67. The Labute approximate surface area is 130 Å². The summed E-state index contributed by atoms with van der Waals surface area (Å²) in [5.41, 5.74) is 0. The molecule has 0 spiro atoms. The molecule has 0 heterocycles. The third-order valence-corrected chi connectivity index (χ3v) is 3.68. The summed E-state index contributed by atoms with van der Waals surface area (Å²) in [4.78, 5) is 0. The monoisotopic (exact) mass is 418 g/mol. The standard InChI is InChI=1S/C6Cl5F9/c7-1(12,4(16,17)5(9,10)18)3(14,15)2(8,13)6(11,19)20/t1-,2+/m0/s1. The van der Waals surface area contributed by atoms with Gasteiger partial charge in [0, 0.05) is 0 Å². The zero-order valence-corrected chi connectivity index (χ0v) is 12.1. The molecule has 20 heavy (non-hydrogen) atoms. The molecule has 2 atom stereocenters. The summed E-state index contributed by atoms with van der Waals surface area (Å²) in [5.74, 6) is -12.9. The third-order valence-electron chi connectivity index (χ3n) is 1.90. The average Bonchev–Trinajstić information content (AvgIpc) is 2.12. The van der Waals surface area contributed by atoms with Crippen LogP contribution in [0.1, 0.15) is 0 Å². The fraction of sp³-hybridized carbons (Fsp3) is 1.00. The van der Waals surface area contributed by atoms with E-state index < -0.39 is 32.1 Å². The largest absolute Gasteiger partial charge is 0.375 e. The van der Waals surface area contributed by atoms with Crippen LogP contribution in [-0.4, -0.2) is 32.1 Å². The molecule has 0 aliphatic heterocycles. The van der Waals surface area contributed by atoms with Gasteiger partial charge >= 0.3 is 32.1 Å². The van der Waals surface area contributed by atoms with Gasteiger partial charge < -0.3 is 0 Å². The first kappa shape index (κ1) is 20.8. The Balaban J connectivity index is 6.08. The number of hydrogen-bond acceptors (Lipinski definition) is 0.